The van der Waals surface area contributed by atoms with Crippen molar-refractivity contribution in [2.24, 2.45) is 20.0 Å². The summed E-state index contributed by atoms with van der Waals surface area (Å²) in [7, 11) is 0. The van der Waals surface area contributed by atoms with Gasteiger partial charge in [0.1, 0.15) is 11.1 Å². The molecule has 2 aliphatic carbocycles. The van der Waals surface area contributed by atoms with E-state index in [0.717, 1.165) is 12.8 Å². The minimum Gasteiger partial charge on any atom is -0.211 e. The van der Waals surface area contributed by atoms with Crippen LogP contribution in [0.4, 0.5) is 0 Å². The molecule has 8 nitrogen and oxygen atoms in total. The SMILES string of the molecule is O=C=NC1CCC(N=C=O)(C2(N=C=O)CCCCC2N=C=O)C1. The van der Waals surface area contributed by atoms with Crippen LogP contribution in [0, 0.1) is 0 Å². The monoisotopic (exact) mass is 316 g/mol. The van der Waals surface area contributed by atoms with E-state index < -0.39 is 17.1 Å². The number of nitrogens with zero attached hydrogens (tertiary/aromatic N) is 4. The third kappa shape index (κ3) is 2.89. The molecular weight excluding hydrogens is 300 g/mol. The Morgan fingerprint density at radius 1 is 0.783 bits per heavy atom. The van der Waals surface area contributed by atoms with E-state index in [0.29, 0.717) is 25.7 Å². The molecule has 4 unspecified atom stereocenters. The number of aliphatic imine (C=N–C) groups is 4. The Balaban J connectivity index is 2.59. The van der Waals surface area contributed by atoms with Crippen LogP contribution in [0.25, 0.3) is 0 Å². The molecule has 0 heterocycles. The molecule has 0 amide bonds. The summed E-state index contributed by atoms with van der Waals surface area (Å²) in [6.45, 7) is 0. The minimum absolute atomic E-state index is 0.257. The zero-order valence-electron chi connectivity index (χ0n) is 12.5. The fourth-order valence-corrected chi connectivity index (χ4v) is 4.09. The van der Waals surface area contributed by atoms with E-state index in [1.54, 1.807) is 12.2 Å². The largest absolute Gasteiger partial charge is 0.235 e. The first kappa shape index (κ1) is 16.9. The van der Waals surface area contributed by atoms with Crippen molar-refractivity contribution in [1.29, 1.82) is 0 Å². The molecular formula is C15H16N4O4. The molecule has 0 saturated heterocycles. The van der Waals surface area contributed by atoms with Crippen molar-refractivity contribution in [1.82, 2.24) is 0 Å². The van der Waals surface area contributed by atoms with Crippen molar-refractivity contribution in [2.75, 3.05) is 0 Å². The van der Waals surface area contributed by atoms with Gasteiger partial charge in [-0.15, -0.1) is 0 Å². The van der Waals surface area contributed by atoms with Crippen LogP contribution in [-0.4, -0.2) is 47.5 Å². The highest BCUT2D eigenvalue weighted by atomic mass is 16.1. The van der Waals surface area contributed by atoms with E-state index in [1.165, 1.54) is 12.2 Å². The molecule has 2 rings (SSSR count). The first-order valence-electron chi connectivity index (χ1n) is 7.50. The highest BCUT2D eigenvalue weighted by Crippen LogP contribution is 2.52. The zero-order valence-corrected chi connectivity index (χ0v) is 12.5. The summed E-state index contributed by atoms with van der Waals surface area (Å²) in [6.07, 6.45) is 9.89. The molecule has 0 aromatic heterocycles. The Bertz CT molecular complexity index is 654. The van der Waals surface area contributed by atoms with Crippen molar-refractivity contribution >= 4 is 24.3 Å². The van der Waals surface area contributed by atoms with E-state index in [-0.39, 0.29) is 12.5 Å². The fourth-order valence-electron chi connectivity index (χ4n) is 4.09. The predicted molar refractivity (Wildman–Crippen MR) is 77.8 cm³/mol. The lowest BCUT2D eigenvalue weighted by Crippen LogP contribution is -2.58. The molecule has 0 bridgehead atoms. The van der Waals surface area contributed by atoms with Gasteiger partial charge in [0.15, 0.2) is 0 Å². The quantitative estimate of drug-likeness (QED) is 0.561. The normalized spacial score (nSPS) is 35.8. The van der Waals surface area contributed by atoms with Crippen LogP contribution in [0.1, 0.15) is 44.9 Å². The second-order valence-electron chi connectivity index (χ2n) is 5.96. The van der Waals surface area contributed by atoms with Gasteiger partial charge in [-0.05, 0) is 32.1 Å². The molecule has 0 aromatic carbocycles. The van der Waals surface area contributed by atoms with Crippen LogP contribution >= 0.6 is 0 Å². The van der Waals surface area contributed by atoms with Gasteiger partial charge in [-0.2, -0.15) is 15.0 Å². The molecule has 2 aliphatic rings. The molecule has 0 aliphatic heterocycles. The molecule has 120 valence electrons. The lowest BCUT2D eigenvalue weighted by Gasteiger charge is -2.46. The van der Waals surface area contributed by atoms with E-state index in [2.05, 4.69) is 20.0 Å². The highest BCUT2D eigenvalue weighted by Gasteiger charge is 2.60. The summed E-state index contributed by atoms with van der Waals surface area (Å²) >= 11 is 0. The predicted octanol–water partition coefficient (Wildman–Crippen LogP) is 1.30. The highest BCUT2D eigenvalue weighted by molar-refractivity contribution is 5.44. The summed E-state index contributed by atoms with van der Waals surface area (Å²) in [5.41, 5.74) is -2.21. The average Bonchev–Trinajstić information content (AvgIpc) is 2.95. The molecule has 2 fully saturated rings. The first-order chi connectivity index (χ1) is 11.2. The van der Waals surface area contributed by atoms with Crippen LogP contribution in [-0.2, 0) is 19.2 Å². The summed E-state index contributed by atoms with van der Waals surface area (Å²) in [4.78, 5) is 58.9. The Kier molecular flexibility index (Phi) is 5.28. The Labute approximate surface area is 132 Å². The van der Waals surface area contributed by atoms with Gasteiger partial charge in [-0.25, -0.2) is 24.2 Å². The van der Waals surface area contributed by atoms with Crippen LogP contribution in [0.3, 0.4) is 0 Å². The van der Waals surface area contributed by atoms with Crippen molar-refractivity contribution in [2.45, 2.75) is 68.1 Å². The van der Waals surface area contributed by atoms with E-state index >= 15 is 0 Å². The number of hydrogen-bond acceptors (Lipinski definition) is 8. The Morgan fingerprint density at radius 2 is 1.52 bits per heavy atom. The molecule has 23 heavy (non-hydrogen) atoms. The van der Waals surface area contributed by atoms with Crippen LogP contribution in [0.5, 0.6) is 0 Å². The zero-order chi connectivity index (χ0) is 16.8. The van der Waals surface area contributed by atoms with E-state index in [4.69, 9.17) is 0 Å². The molecule has 2 saturated carbocycles. The van der Waals surface area contributed by atoms with Crippen molar-refractivity contribution in [3.63, 3.8) is 0 Å². The minimum atomic E-state index is -1.14. The maximum atomic E-state index is 11.1. The standard InChI is InChI=1S/C15H16N4O4/c20-8-16-12-4-6-14(7-12,18-10-22)15(19-11-23)5-2-1-3-13(15)17-9-21/h12-13H,1-7H2. The van der Waals surface area contributed by atoms with Crippen molar-refractivity contribution in [3.8, 4) is 0 Å². The second kappa shape index (κ2) is 7.19. The van der Waals surface area contributed by atoms with Crippen LogP contribution in [0.2, 0.25) is 0 Å². The molecule has 4 atom stereocenters. The van der Waals surface area contributed by atoms with Gasteiger partial charge in [0.2, 0.25) is 24.3 Å². The second-order valence-corrected chi connectivity index (χ2v) is 5.96. The van der Waals surface area contributed by atoms with Crippen molar-refractivity contribution < 1.29 is 19.2 Å². The number of carbonyl (C=O) groups excluding carboxylic acids is 4. The lowest BCUT2D eigenvalue weighted by atomic mass is 9.64. The first-order valence-corrected chi connectivity index (χ1v) is 7.50. The van der Waals surface area contributed by atoms with Crippen LogP contribution < -0.4 is 0 Å². The summed E-state index contributed by atoms with van der Waals surface area (Å²) < 4.78 is 0. The third-order valence-electron chi connectivity index (χ3n) is 5.06. The van der Waals surface area contributed by atoms with Crippen molar-refractivity contribution in [3.05, 3.63) is 0 Å². The Hall–Kier alpha value is -2.48. The average molecular weight is 316 g/mol. The smallest absolute Gasteiger partial charge is 0.211 e. The summed E-state index contributed by atoms with van der Waals surface area (Å²) in [5, 5.41) is 0. The third-order valence-corrected chi connectivity index (χ3v) is 5.06. The Morgan fingerprint density at radius 3 is 2.17 bits per heavy atom. The molecule has 0 N–H and O–H groups in total. The van der Waals surface area contributed by atoms with Gasteiger partial charge in [0, 0.05) is 0 Å². The lowest BCUT2D eigenvalue weighted by molar-refractivity contribution is 0.140. The summed E-state index contributed by atoms with van der Waals surface area (Å²) in [5.74, 6) is 0. The van der Waals surface area contributed by atoms with Gasteiger partial charge < -0.3 is 0 Å². The topological polar surface area (TPSA) is 118 Å². The number of hydrogen-bond donors (Lipinski definition) is 0. The number of rotatable bonds is 5. The molecule has 8 heteroatoms. The van der Waals surface area contributed by atoms with E-state index in [9.17, 15) is 19.2 Å². The fraction of sp³-hybridized carbons (Fsp3) is 0.733. The van der Waals surface area contributed by atoms with Crippen LogP contribution in [0.15, 0.2) is 20.0 Å². The van der Waals surface area contributed by atoms with Gasteiger partial charge in [0.05, 0.1) is 12.1 Å². The van der Waals surface area contributed by atoms with Gasteiger partial charge in [0.25, 0.3) is 0 Å². The molecule has 0 aromatic rings. The van der Waals surface area contributed by atoms with Gasteiger partial charge >= 0.3 is 0 Å². The summed E-state index contributed by atoms with van der Waals surface area (Å²) in [6, 6.07) is -0.961. The number of isocyanates is 4. The molecule has 0 spiro atoms. The van der Waals surface area contributed by atoms with Gasteiger partial charge in [-0.1, -0.05) is 12.8 Å². The maximum Gasteiger partial charge on any atom is 0.235 e. The van der Waals surface area contributed by atoms with E-state index in [1.807, 2.05) is 0 Å². The van der Waals surface area contributed by atoms with Gasteiger partial charge in [-0.3, -0.25) is 0 Å². The maximum absolute atomic E-state index is 11.1. The molecule has 0 radical (unpaired) electrons.